The number of hydrogen-bond donors (Lipinski definition) is 1. The van der Waals surface area contributed by atoms with Gasteiger partial charge < -0.3 is 5.11 Å². The van der Waals surface area contributed by atoms with Gasteiger partial charge in [0.05, 0.1) is 11.9 Å². The minimum atomic E-state index is 0.243. The highest BCUT2D eigenvalue weighted by molar-refractivity contribution is 5.59. The van der Waals surface area contributed by atoms with Crippen LogP contribution in [0.3, 0.4) is 0 Å². The predicted molar refractivity (Wildman–Crippen MR) is 84.9 cm³/mol. The van der Waals surface area contributed by atoms with Gasteiger partial charge in [-0.15, -0.1) is 10.2 Å². The Hall–Kier alpha value is -3.28. The van der Waals surface area contributed by atoms with Crippen LogP contribution in [0.5, 0.6) is 5.75 Å². The fourth-order valence-corrected chi connectivity index (χ4v) is 2.39. The van der Waals surface area contributed by atoms with Crippen molar-refractivity contribution in [1.82, 2.24) is 24.8 Å². The zero-order chi connectivity index (χ0) is 15.6. The lowest BCUT2D eigenvalue weighted by Crippen LogP contribution is -2.02. The van der Waals surface area contributed by atoms with E-state index in [9.17, 15) is 5.11 Å². The third-order valence-corrected chi connectivity index (χ3v) is 3.57. The summed E-state index contributed by atoms with van der Waals surface area (Å²) in [5.41, 5.74) is 2.78. The Kier molecular flexibility index (Phi) is 3.20. The molecule has 2 aromatic carbocycles. The highest BCUT2D eigenvalue weighted by Gasteiger charge is 2.10. The number of phenolic OH excluding ortho intramolecular Hbond substituents is 1. The molecular formula is C17H13N5O. The lowest BCUT2D eigenvalue weighted by Gasteiger charge is -2.02. The standard InChI is InChI=1S/C17H13N5O/c23-14-8-6-12(7-9-14)10-16-20-21-17-19-15(11-18-22(16)17)13-4-2-1-3-5-13/h1-9,11,23H,10H2. The minimum absolute atomic E-state index is 0.243. The summed E-state index contributed by atoms with van der Waals surface area (Å²) in [6.45, 7) is 0. The van der Waals surface area contributed by atoms with E-state index >= 15 is 0 Å². The minimum Gasteiger partial charge on any atom is -0.508 e. The maximum absolute atomic E-state index is 9.34. The van der Waals surface area contributed by atoms with Crippen LogP contribution in [0.4, 0.5) is 0 Å². The molecule has 6 nitrogen and oxygen atoms in total. The van der Waals surface area contributed by atoms with Crippen LogP contribution in [0, 0.1) is 0 Å². The van der Waals surface area contributed by atoms with Gasteiger partial charge in [0, 0.05) is 12.0 Å². The first-order chi connectivity index (χ1) is 11.3. The summed E-state index contributed by atoms with van der Waals surface area (Å²) < 4.78 is 1.64. The number of rotatable bonds is 3. The van der Waals surface area contributed by atoms with Gasteiger partial charge in [-0.1, -0.05) is 42.5 Å². The number of phenols is 1. The first-order valence-corrected chi connectivity index (χ1v) is 7.20. The van der Waals surface area contributed by atoms with Crippen LogP contribution < -0.4 is 0 Å². The van der Waals surface area contributed by atoms with E-state index in [-0.39, 0.29) is 5.75 Å². The molecule has 1 N–H and O–H groups in total. The van der Waals surface area contributed by atoms with E-state index in [1.165, 1.54) is 0 Å². The average molecular weight is 303 g/mol. The molecule has 2 aromatic heterocycles. The summed E-state index contributed by atoms with van der Waals surface area (Å²) in [5, 5.41) is 22.0. The summed E-state index contributed by atoms with van der Waals surface area (Å²) in [6, 6.07) is 16.8. The number of aromatic hydroxyl groups is 1. The van der Waals surface area contributed by atoms with Gasteiger partial charge in [-0.3, -0.25) is 0 Å². The molecule has 0 saturated carbocycles. The van der Waals surface area contributed by atoms with Crippen LogP contribution >= 0.6 is 0 Å². The highest BCUT2D eigenvalue weighted by atomic mass is 16.3. The fourth-order valence-electron chi connectivity index (χ4n) is 2.39. The number of aromatic nitrogens is 5. The molecule has 0 aliphatic rings. The SMILES string of the molecule is Oc1ccc(Cc2nnc3nc(-c4ccccc4)cnn23)cc1. The second kappa shape index (κ2) is 5.49. The lowest BCUT2D eigenvalue weighted by molar-refractivity contribution is 0.475. The van der Waals surface area contributed by atoms with E-state index in [0.29, 0.717) is 18.0 Å². The molecule has 6 heteroatoms. The van der Waals surface area contributed by atoms with E-state index in [0.717, 1.165) is 16.8 Å². The van der Waals surface area contributed by atoms with Crippen molar-refractivity contribution in [2.75, 3.05) is 0 Å². The van der Waals surface area contributed by atoms with Crippen LogP contribution in [0.1, 0.15) is 11.4 Å². The molecule has 0 amide bonds. The molecule has 2 heterocycles. The van der Waals surface area contributed by atoms with Crippen LogP contribution in [-0.4, -0.2) is 29.9 Å². The van der Waals surface area contributed by atoms with Crippen LogP contribution in [0.2, 0.25) is 0 Å². The Labute approximate surface area is 132 Å². The molecule has 4 rings (SSSR count). The van der Waals surface area contributed by atoms with Gasteiger partial charge >= 0.3 is 0 Å². The summed E-state index contributed by atoms with van der Waals surface area (Å²) in [5.74, 6) is 1.42. The number of nitrogens with zero attached hydrogens (tertiary/aromatic N) is 5. The molecular weight excluding hydrogens is 290 g/mol. The fraction of sp³-hybridized carbons (Fsp3) is 0.0588. The van der Waals surface area contributed by atoms with Crippen molar-refractivity contribution >= 4 is 5.78 Å². The molecule has 0 fully saturated rings. The first kappa shape index (κ1) is 13.4. The predicted octanol–water partition coefficient (Wildman–Crippen LogP) is 2.48. The summed E-state index contributed by atoms with van der Waals surface area (Å²) in [6.07, 6.45) is 2.28. The normalized spacial score (nSPS) is 11.0. The van der Waals surface area contributed by atoms with Crippen molar-refractivity contribution in [2.24, 2.45) is 0 Å². The van der Waals surface area contributed by atoms with E-state index < -0.39 is 0 Å². The maximum Gasteiger partial charge on any atom is 0.272 e. The number of hydrogen-bond acceptors (Lipinski definition) is 5. The van der Waals surface area contributed by atoms with Crippen molar-refractivity contribution < 1.29 is 5.11 Å². The van der Waals surface area contributed by atoms with Crippen molar-refractivity contribution in [3.05, 3.63) is 72.2 Å². The van der Waals surface area contributed by atoms with Gasteiger partial charge in [0.1, 0.15) is 5.75 Å². The molecule has 0 atom stereocenters. The quantitative estimate of drug-likeness (QED) is 0.629. The molecule has 0 aliphatic heterocycles. The van der Waals surface area contributed by atoms with E-state index in [1.807, 2.05) is 42.5 Å². The molecule has 0 bridgehead atoms. The smallest absolute Gasteiger partial charge is 0.272 e. The average Bonchev–Trinajstić information content (AvgIpc) is 3.00. The van der Waals surface area contributed by atoms with Crippen LogP contribution in [-0.2, 0) is 6.42 Å². The Bertz CT molecular complexity index is 948. The van der Waals surface area contributed by atoms with Gasteiger partial charge in [0.25, 0.3) is 5.78 Å². The first-order valence-electron chi connectivity index (χ1n) is 7.20. The zero-order valence-electron chi connectivity index (χ0n) is 12.2. The lowest BCUT2D eigenvalue weighted by atomic mass is 10.1. The maximum atomic E-state index is 9.34. The largest absolute Gasteiger partial charge is 0.508 e. The summed E-state index contributed by atoms with van der Waals surface area (Å²) in [4.78, 5) is 4.51. The second-order valence-electron chi connectivity index (χ2n) is 5.18. The highest BCUT2D eigenvalue weighted by Crippen LogP contribution is 2.17. The molecule has 0 aliphatic carbocycles. The molecule has 0 spiro atoms. The third kappa shape index (κ3) is 2.62. The number of benzene rings is 2. The zero-order valence-corrected chi connectivity index (χ0v) is 12.2. The summed E-state index contributed by atoms with van der Waals surface area (Å²) in [7, 11) is 0. The van der Waals surface area contributed by atoms with E-state index in [2.05, 4.69) is 20.3 Å². The molecule has 4 aromatic rings. The van der Waals surface area contributed by atoms with E-state index in [1.54, 1.807) is 22.8 Å². The van der Waals surface area contributed by atoms with Crippen molar-refractivity contribution in [3.8, 4) is 17.0 Å². The number of fused-ring (bicyclic) bond motifs is 1. The molecule has 23 heavy (non-hydrogen) atoms. The molecule has 112 valence electrons. The van der Waals surface area contributed by atoms with Gasteiger partial charge in [-0.25, -0.2) is 4.98 Å². The molecule has 0 saturated heterocycles. The Morgan fingerprint density at radius 3 is 2.48 bits per heavy atom. The van der Waals surface area contributed by atoms with Gasteiger partial charge in [0.2, 0.25) is 0 Å². The topological polar surface area (TPSA) is 76.2 Å². The Morgan fingerprint density at radius 2 is 1.70 bits per heavy atom. The monoisotopic (exact) mass is 303 g/mol. The van der Waals surface area contributed by atoms with E-state index in [4.69, 9.17) is 0 Å². The Balaban J connectivity index is 1.69. The van der Waals surface area contributed by atoms with Gasteiger partial charge in [0.15, 0.2) is 5.82 Å². The van der Waals surface area contributed by atoms with Gasteiger partial charge in [-0.2, -0.15) is 9.61 Å². The summed E-state index contributed by atoms with van der Waals surface area (Å²) >= 11 is 0. The van der Waals surface area contributed by atoms with Crippen LogP contribution in [0.15, 0.2) is 60.8 Å². The van der Waals surface area contributed by atoms with Crippen molar-refractivity contribution in [1.29, 1.82) is 0 Å². The van der Waals surface area contributed by atoms with Gasteiger partial charge in [-0.05, 0) is 17.7 Å². The van der Waals surface area contributed by atoms with Crippen molar-refractivity contribution in [3.63, 3.8) is 0 Å². The van der Waals surface area contributed by atoms with Crippen LogP contribution in [0.25, 0.3) is 17.0 Å². The molecule has 0 radical (unpaired) electrons. The second-order valence-corrected chi connectivity index (χ2v) is 5.18. The third-order valence-electron chi connectivity index (χ3n) is 3.57. The van der Waals surface area contributed by atoms with Crippen molar-refractivity contribution in [2.45, 2.75) is 6.42 Å². The Morgan fingerprint density at radius 1 is 0.913 bits per heavy atom. The molecule has 0 unspecified atom stereocenters.